The van der Waals surface area contributed by atoms with Crippen LogP contribution in [0.3, 0.4) is 0 Å². The summed E-state index contributed by atoms with van der Waals surface area (Å²) in [7, 11) is 0. The zero-order valence-corrected chi connectivity index (χ0v) is 12.2. The Morgan fingerprint density at radius 1 is 1.10 bits per heavy atom. The number of rotatable bonds is 2. The zero-order valence-electron chi connectivity index (χ0n) is 12.2. The lowest BCUT2D eigenvalue weighted by atomic mass is 10.2. The minimum atomic E-state index is -0.301. The average molecular weight is 286 g/mol. The number of nitrogens with zero attached hydrogens (tertiary/aromatic N) is 4. The average Bonchev–Trinajstić information content (AvgIpc) is 3.06. The van der Waals surface area contributed by atoms with Crippen molar-refractivity contribution in [2.45, 2.75) is 45.6 Å². The number of hydrogen-bond donors (Lipinski definition) is 0. The topological polar surface area (TPSA) is 68.1 Å². The molecule has 0 saturated heterocycles. The van der Waals surface area contributed by atoms with E-state index in [-0.39, 0.29) is 11.8 Å². The lowest BCUT2D eigenvalue weighted by Gasteiger charge is -2.16. The van der Waals surface area contributed by atoms with Gasteiger partial charge in [0, 0.05) is 13.8 Å². The van der Waals surface area contributed by atoms with E-state index in [0.29, 0.717) is 17.2 Å². The number of hydrogen-bond acceptors (Lipinski definition) is 4. The Morgan fingerprint density at radius 2 is 1.71 bits per heavy atom. The number of imide groups is 1. The summed E-state index contributed by atoms with van der Waals surface area (Å²) in [5.74, 6) is -0.602. The van der Waals surface area contributed by atoms with Gasteiger partial charge in [0.1, 0.15) is 11.0 Å². The van der Waals surface area contributed by atoms with Crippen LogP contribution in [0.2, 0.25) is 0 Å². The molecule has 6 heteroatoms. The van der Waals surface area contributed by atoms with Crippen LogP contribution in [-0.4, -0.2) is 26.8 Å². The number of carbonyl (C=O) groups excluding carboxylic acids is 2. The highest BCUT2D eigenvalue weighted by molar-refractivity contribution is 6.13. The van der Waals surface area contributed by atoms with Gasteiger partial charge < -0.3 is 0 Å². The molecule has 3 rings (SSSR count). The summed E-state index contributed by atoms with van der Waals surface area (Å²) < 4.78 is 0. The van der Waals surface area contributed by atoms with Crippen molar-refractivity contribution in [2.24, 2.45) is 0 Å². The van der Waals surface area contributed by atoms with Gasteiger partial charge in [-0.05, 0) is 31.0 Å². The van der Waals surface area contributed by atoms with Crippen LogP contribution in [0.1, 0.15) is 45.6 Å². The van der Waals surface area contributed by atoms with Gasteiger partial charge in [-0.15, -0.1) is 0 Å². The van der Waals surface area contributed by atoms with Crippen LogP contribution in [-0.2, 0) is 9.59 Å². The summed E-state index contributed by atoms with van der Waals surface area (Å²) in [4.78, 5) is 26.1. The molecule has 0 spiro atoms. The van der Waals surface area contributed by atoms with E-state index in [1.165, 1.54) is 26.7 Å². The highest BCUT2D eigenvalue weighted by Crippen LogP contribution is 2.29. The monoisotopic (exact) mass is 286 g/mol. The number of benzene rings is 1. The Bertz CT molecular complexity index is 687. The van der Waals surface area contributed by atoms with Crippen LogP contribution >= 0.6 is 0 Å². The molecule has 1 aromatic carbocycles. The molecule has 0 N–H and O–H groups in total. The third-order valence-corrected chi connectivity index (χ3v) is 3.92. The number of carbonyl (C=O) groups is 2. The quantitative estimate of drug-likeness (QED) is 0.850. The van der Waals surface area contributed by atoms with Crippen molar-refractivity contribution in [3.05, 3.63) is 18.2 Å². The first-order valence-electron chi connectivity index (χ1n) is 7.24. The van der Waals surface area contributed by atoms with Crippen LogP contribution < -0.4 is 4.90 Å². The molecule has 0 radical (unpaired) electrons. The van der Waals surface area contributed by atoms with Crippen LogP contribution in [0.4, 0.5) is 5.69 Å². The maximum Gasteiger partial charge on any atom is 0.230 e. The lowest BCUT2D eigenvalue weighted by molar-refractivity contribution is -0.124. The smallest absolute Gasteiger partial charge is 0.230 e. The van der Waals surface area contributed by atoms with Gasteiger partial charge in [0.15, 0.2) is 0 Å². The van der Waals surface area contributed by atoms with Crippen LogP contribution in [0.15, 0.2) is 18.2 Å². The summed E-state index contributed by atoms with van der Waals surface area (Å²) >= 11 is 0. The summed E-state index contributed by atoms with van der Waals surface area (Å²) in [6, 6.07) is 5.66. The van der Waals surface area contributed by atoms with Gasteiger partial charge in [-0.3, -0.25) is 14.5 Å². The molecule has 2 amide bonds. The largest absolute Gasteiger partial charge is 0.274 e. The molecule has 0 atom stereocenters. The Kier molecular flexibility index (Phi) is 3.45. The first-order valence-corrected chi connectivity index (χ1v) is 7.24. The zero-order chi connectivity index (χ0) is 15.0. The molecule has 1 saturated carbocycles. The van der Waals surface area contributed by atoms with Gasteiger partial charge in [0.05, 0.1) is 11.7 Å². The minimum Gasteiger partial charge on any atom is -0.274 e. The molecule has 6 nitrogen and oxygen atoms in total. The van der Waals surface area contributed by atoms with Crippen molar-refractivity contribution in [1.29, 1.82) is 0 Å². The molecule has 110 valence electrons. The van der Waals surface area contributed by atoms with Crippen LogP contribution in [0, 0.1) is 0 Å². The van der Waals surface area contributed by atoms with E-state index < -0.39 is 0 Å². The predicted octanol–water partition coefficient (Wildman–Crippen LogP) is 2.45. The second-order valence-corrected chi connectivity index (χ2v) is 5.51. The number of anilines is 1. The van der Waals surface area contributed by atoms with E-state index in [1.54, 1.807) is 16.9 Å². The Labute approximate surface area is 122 Å². The lowest BCUT2D eigenvalue weighted by Crippen LogP contribution is -2.32. The number of fused-ring (bicyclic) bond motifs is 1. The van der Waals surface area contributed by atoms with E-state index in [0.717, 1.165) is 23.3 Å². The summed E-state index contributed by atoms with van der Waals surface area (Å²) in [5.41, 5.74) is 2.05. The van der Waals surface area contributed by atoms with Crippen molar-refractivity contribution in [3.8, 4) is 0 Å². The standard InChI is InChI=1S/C15H18N4O2/c1-10(20)18(11(2)21)13-7-8-14-15(9-13)17-19(16-14)12-5-3-4-6-12/h7-9,12H,3-6H2,1-2H3. The molecule has 1 heterocycles. The third kappa shape index (κ3) is 2.53. The number of amides is 2. The Hall–Kier alpha value is -2.24. The fourth-order valence-electron chi connectivity index (χ4n) is 2.94. The van der Waals surface area contributed by atoms with E-state index >= 15 is 0 Å². The summed E-state index contributed by atoms with van der Waals surface area (Å²) in [6.45, 7) is 2.75. The fourth-order valence-corrected chi connectivity index (χ4v) is 2.94. The van der Waals surface area contributed by atoms with E-state index in [1.807, 2.05) is 6.07 Å². The molecule has 2 aromatic rings. The van der Waals surface area contributed by atoms with Crippen LogP contribution in [0.25, 0.3) is 11.0 Å². The SMILES string of the molecule is CC(=O)N(C(C)=O)c1ccc2nn(C3CCCC3)nc2c1. The van der Waals surface area contributed by atoms with Crippen LogP contribution in [0.5, 0.6) is 0 Å². The Morgan fingerprint density at radius 3 is 2.33 bits per heavy atom. The molecule has 1 aromatic heterocycles. The van der Waals surface area contributed by atoms with E-state index in [4.69, 9.17) is 0 Å². The van der Waals surface area contributed by atoms with Crippen molar-refractivity contribution in [3.63, 3.8) is 0 Å². The van der Waals surface area contributed by atoms with Crippen molar-refractivity contribution in [2.75, 3.05) is 4.90 Å². The molecule has 0 unspecified atom stereocenters. The van der Waals surface area contributed by atoms with E-state index in [9.17, 15) is 9.59 Å². The normalized spacial score (nSPS) is 15.5. The van der Waals surface area contributed by atoms with Gasteiger partial charge in [-0.2, -0.15) is 15.0 Å². The molecule has 1 aliphatic rings. The molecular weight excluding hydrogens is 268 g/mol. The summed E-state index contributed by atoms with van der Waals surface area (Å²) in [5, 5.41) is 9.01. The fraction of sp³-hybridized carbons (Fsp3) is 0.467. The molecular formula is C15H18N4O2. The van der Waals surface area contributed by atoms with E-state index in [2.05, 4.69) is 10.2 Å². The Balaban J connectivity index is 1.99. The van der Waals surface area contributed by atoms with Gasteiger partial charge in [-0.25, -0.2) is 0 Å². The summed E-state index contributed by atoms with van der Waals surface area (Å²) in [6.07, 6.45) is 4.66. The predicted molar refractivity (Wildman–Crippen MR) is 78.9 cm³/mol. The van der Waals surface area contributed by atoms with Crippen molar-refractivity contribution in [1.82, 2.24) is 15.0 Å². The second-order valence-electron chi connectivity index (χ2n) is 5.51. The van der Waals surface area contributed by atoms with Gasteiger partial charge >= 0.3 is 0 Å². The molecule has 21 heavy (non-hydrogen) atoms. The van der Waals surface area contributed by atoms with Crippen molar-refractivity contribution >= 4 is 28.5 Å². The maximum absolute atomic E-state index is 11.6. The van der Waals surface area contributed by atoms with Gasteiger partial charge in [0.2, 0.25) is 11.8 Å². The minimum absolute atomic E-state index is 0.301. The molecule has 1 fully saturated rings. The van der Waals surface area contributed by atoms with Crippen molar-refractivity contribution < 1.29 is 9.59 Å². The first kappa shape index (κ1) is 13.7. The second kappa shape index (κ2) is 5.27. The highest BCUT2D eigenvalue weighted by atomic mass is 16.2. The number of aromatic nitrogens is 3. The molecule has 1 aliphatic carbocycles. The van der Waals surface area contributed by atoms with Gasteiger partial charge in [-0.1, -0.05) is 12.8 Å². The van der Waals surface area contributed by atoms with Gasteiger partial charge in [0.25, 0.3) is 0 Å². The maximum atomic E-state index is 11.6. The molecule has 0 bridgehead atoms. The molecule has 0 aliphatic heterocycles. The first-order chi connectivity index (χ1) is 10.1. The third-order valence-electron chi connectivity index (χ3n) is 3.92. The highest BCUT2D eigenvalue weighted by Gasteiger charge is 2.21.